The number of anilines is 2. The average Bonchev–Trinajstić information content (AvgIpc) is 3.87. The first-order valence-electron chi connectivity index (χ1n) is 15.7. The minimum absolute atomic E-state index is 0.00739. The summed E-state index contributed by atoms with van der Waals surface area (Å²) in [5, 5.41) is 15.7. The van der Waals surface area contributed by atoms with E-state index in [-0.39, 0.29) is 11.9 Å². The highest BCUT2D eigenvalue weighted by Gasteiger charge is 2.56. The molecule has 228 valence electrons. The molecular weight excluding hydrogens is 576 g/mol. The molecule has 3 atom stereocenters. The Labute approximate surface area is 261 Å². The Bertz CT molecular complexity index is 1630. The summed E-state index contributed by atoms with van der Waals surface area (Å²) in [6.07, 6.45) is 8.35. The molecule has 4 aliphatic rings. The minimum atomic E-state index is -0.693. The number of fused-ring (bicyclic) bond motifs is 2. The van der Waals surface area contributed by atoms with Crippen LogP contribution in [0.25, 0.3) is 0 Å². The van der Waals surface area contributed by atoms with Gasteiger partial charge in [-0.25, -0.2) is 4.79 Å². The number of urea groups is 1. The van der Waals surface area contributed by atoms with Crippen molar-refractivity contribution in [2.75, 3.05) is 49.1 Å². The van der Waals surface area contributed by atoms with Gasteiger partial charge < -0.3 is 9.64 Å². The molecule has 6 heterocycles. The Morgan fingerprint density at radius 2 is 1.70 bits per heavy atom. The van der Waals surface area contributed by atoms with Crippen LogP contribution < -0.4 is 14.5 Å². The molecule has 2 aromatic heterocycles. The van der Waals surface area contributed by atoms with E-state index in [1.165, 1.54) is 11.3 Å². The molecule has 2 fully saturated rings. The lowest BCUT2D eigenvalue weighted by molar-refractivity contribution is -0.0557. The molecule has 10 nitrogen and oxygen atoms in total. The van der Waals surface area contributed by atoms with Gasteiger partial charge in [0.15, 0.2) is 5.79 Å². The summed E-state index contributed by atoms with van der Waals surface area (Å²) in [7, 11) is 0. The zero-order chi connectivity index (χ0) is 29.7. The molecule has 8 rings (SSSR count). The number of halogens is 1. The third-order valence-electron chi connectivity index (χ3n) is 10.1. The second-order valence-corrected chi connectivity index (χ2v) is 12.8. The fourth-order valence-corrected chi connectivity index (χ4v) is 8.18. The van der Waals surface area contributed by atoms with Crippen LogP contribution in [0.5, 0.6) is 5.75 Å². The monoisotopic (exact) mass is 612 g/mol. The number of aromatic nitrogens is 4. The summed E-state index contributed by atoms with van der Waals surface area (Å²) in [5.74, 6) is 0.489. The van der Waals surface area contributed by atoms with E-state index in [1.807, 2.05) is 35.5 Å². The Morgan fingerprint density at radius 3 is 2.52 bits per heavy atom. The molecule has 0 aliphatic carbocycles. The minimum Gasteiger partial charge on any atom is -0.489 e. The van der Waals surface area contributed by atoms with Gasteiger partial charge in [-0.15, -0.1) is 0 Å². The maximum Gasteiger partial charge on any atom is 0.327 e. The predicted octanol–water partition coefficient (Wildman–Crippen LogP) is 5.58. The van der Waals surface area contributed by atoms with E-state index >= 15 is 4.79 Å². The van der Waals surface area contributed by atoms with Gasteiger partial charge in [-0.05, 0) is 61.6 Å². The van der Waals surface area contributed by atoms with E-state index in [4.69, 9.17) is 16.3 Å². The van der Waals surface area contributed by atoms with Gasteiger partial charge in [-0.1, -0.05) is 29.8 Å². The number of H-pyrrole nitrogens is 2. The molecule has 0 saturated carbocycles. The molecule has 2 N–H and O–H groups in total. The van der Waals surface area contributed by atoms with E-state index in [1.54, 1.807) is 0 Å². The number of carbonyl (C=O) groups is 1. The lowest BCUT2D eigenvalue weighted by Crippen LogP contribution is -2.75. The summed E-state index contributed by atoms with van der Waals surface area (Å²) < 4.78 is 5.97. The number of para-hydroxylation sites is 1. The largest absolute Gasteiger partial charge is 0.489 e. The molecule has 4 aromatic rings. The van der Waals surface area contributed by atoms with Crippen LogP contribution in [0.1, 0.15) is 54.5 Å². The Morgan fingerprint density at radius 1 is 0.909 bits per heavy atom. The molecule has 0 radical (unpaired) electrons. The van der Waals surface area contributed by atoms with Crippen molar-refractivity contribution in [2.24, 2.45) is 0 Å². The van der Waals surface area contributed by atoms with Crippen molar-refractivity contribution < 1.29 is 9.53 Å². The van der Waals surface area contributed by atoms with E-state index in [0.29, 0.717) is 36.4 Å². The number of ether oxygens (including phenoxy) is 1. The summed E-state index contributed by atoms with van der Waals surface area (Å²) in [6.45, 7) is 4.10. The van der Waals surface area contributed by atoms with Crippen LogP contribution in [-0.4, -0.2) is 81.3 Å². The van der Waals surface area contributed by atoms with E-state index < -0.39 is 5.79 Å². The normalized spacial score (nSPS) is 25.4. The first kappa shape index (κ1) is 27.5. The van der Waals surface area contributed by atoms with Crippen LogP contribution in [0.15, 0.2) is 67.0 Å². The topological polar surface area (TPSA) is 96.6 Å². The van der Waals surface area contributed by atoms with Crippen LogP contribution in [0, 0.1) is 0 Å². The van der Waals surface area contributed by atoms with Crippen molar-refractivity contribution in [3.05, 3.63) is 89.0 Å². The summed E-state index contributed by atoms with van der Waals surface area (Å²) in [5.41, 5.74) is 5.61. The molecular formula is C33H37ClN8O2. The standard InChI is InChI=1S/C33H37ClN8O2/c34-26-7-8-30-31(20-26)44-19-18-40(30)32(43)42-17-12-24(27-9-13-35-37-27)21-33(42,39-16-11-25(22-39)28-10-14-36-38-28)41-15-3-5-23-4-1-2-6-29(23)41/h1-2,4,6-10,13-14,20,24-25H,3,5,11-12,15-19,21-22H2,(H,35,37)(H,36,38). The van der Waals surface area contributed by atoms with Gasteiger partial charge in [0.2, 0.25) is 0 Å². The maximum atomic E-state index is 15.1. The second-order valence-electron chi connectivity index (χ2n) is 12.3. The molecule has 2 amide bonds. The number of amides is 2. The van der Waals surface area contributed by atoms with Gasteiger partial charge in [-0.2, -0.15) is 10.2 Å². The molecule has 0 bridgehead atoms. The number of aryl methyl sites for hydroxylation is 1. The quantitative estimate of drug-likeness (QED) is 0.312. The number of benzene rings is 2. The maximum absolute atomic E-state index is 15.1. The van der Waals surface area contributed by atoms with Gasteiger partial charge >= 0.3 is 6.03 Å². The highest BCUT2D eigenvalue weighted by Crippen LogP contribution is 2.49. The highest BCUT2D eigenvalue weighted by molar-refractivity contribution is 6.30. The first-order valence-corrected chi connectivity index (χ1v) is 16.1. The third kappa shape index (κ3) is 4.54. The van der Waals surface area contributed by atoms with Crippen molar-refractivity contribution >= 4 is 29.0 Å². The molecule has 11 heteroatoms. The number of nitrogens with one attached hydrogen (secondary N) is 2. The third-order valence-corrected chi connectivity index (χ3v) is 10.3. The molecule has 0 spiro atoms. The van der Waals surface area contributed by atoms with E-state index in [9.17, 15) is 0 Å². The molecule has 2 aromatic carbocycles. The van der Waals surface area contributed by atoms with Gasteiger partial charge in [-0.3, -0.25) is 24.9 Å². The van der Waals surface area contributed by atoms with Gasteiger partial charge in [0.25, 0.3) is 0 Å². The number of rotatable bonds is 4. The number of aromatic amines is 2. The highest BCUT2D eigenvalue weighted by atomic mass is 35.5. The number of hydrogen-bond acceptors (Lipinski definition) is 6. The second kappa shape index (κ2) is 11.2. The summed E-state index contributed by atoms with van der Waals surface area (Å²) in [4.78, 5) is 24.3. The number of hydrogen-bond donors (Lipinski definition) is 2. The molecule has 3 unspecified atom stereocenters. The molecule has 2 saturated heterocycles. The van der Waals surface area contributed by atoms with Crippen molar-refractivity contribution in [1.82, 2.24) is 30.2 Å². The van der Waals surface area contributed by atoms with Crippen LogP contribution in [0.2, 0.25) is 5.02 Å². The lowest BCUT2D eigenvalue weighted by Gasteiger charge is -2.61. The Hall–Kier alpha value is -4.02. The predicted molar refractivity (Wildman–Crippen MR) is 169 cm³/mol. The summed E-state index contributed by atoms with van der Waals surface area (Å²) >= 11 is 6.33. The Kier molecular flexibility index (Phi) is 6.98. The average molecular weight is 613 g/mol. The Balaban J connectivity index is 1.27. The summed E-state index contributed by atoms with van der Waals surface area (Å²) in [6, 6.07) is 18.5. The lowest BCUT2D eigenvalue weighted by atomic mass is 9.85. The zero-order valence-corrected chi connectivity index (χ0v) is 25.4. The SMILES string of the molecule is O=C(N1CCOc2cc(Cl)ccc21)N1CCC(c2ccn[nH]2)CC1(N1CCC(c2ccn[nH]2)C1)N1CCCc2ccccc21. The number of carbonyl (C=O) groups excluding carboxylic acids is 1. The van der Waals surface area contributed by atoms with Crippen molar-refractivity contribution in [1.29, 1.82) is 0 Å². The van der Waals surface area contributed by atoms with Crippen LogP contribution in [0.4, 0.5) is 16.2 Å². The van der Waals surface area contributed by atoms with Gasteiger partial charge in [0, 0.05) is 85.0 Å². The number of nitrogens with zero attached hydrogens (tertiary/aromatic N) is 6. The zero-order valence-electron chi connectivity index (χ0n) is 24.7. The first-order chi connectivity index (χ1) is 21.6. The van der Waals surface area contributed by atoms with Crippen molar-refractivity contribution in [3.8, 4) is 5.75 Å². The van der Waals surface area contributed by atoms with E-state index in [0.717, 1.165) is 68.8 Å². The fraction of sp³-hybridized carbons (Fsp3) is 0.424. The van der Waals surface area contributed by atoms with E-state index in [2.05, 4.69) is 71.5 Å². The fourth-order valence-electron chi connectivity index (χ4n) is 8.02. The smallest absolute Gasteiger partial charge is 0.327 e. The molecule has 44 heavy (non-hydrogen) atoms. The number of likely N-dealkylation sites (tertiary alicyclic amines) is 2. The number of piperidine rings is 1. The molecule has 4 aliphatic heterocycles. The van der Waals surface area contributed by atoms with Gasteiger partial charge in [0.05, 0.1) is 12.2 Å². The van der Waals surface area contributed by atoms with Crippen LogP contribution in [-0.2, 0) is 6.42 Å². The van der Waals surface area contributed by atoms with Crippen molar-refractivity contribution in [2.45, 2.75) is 49.7 Å². The van der Waals surface area contributed by atoms with Gasteiger partial charge in [0.1, 0.15) is 12.4 Å². The van der Waals surface area contributed by atoms with Crippen LogP contribution >= 0.6 is 11.6 Å². The van der Waals surface area contributed by atoms with Crippen LogP contribution in [0.3, 0.4) is 0 Å². The van der Waals surface area contributed by atoms with Crippen molar-refractivity contribution in [3.63, 3.8) is 0 Å².